The van der Waals surface area contributed by atoms with E-state index in [1.807, 2.05) is 32.0 Å². The molecule has 2 aromatic rings. The molecular weight excluding hydrogens is 422 g/mol. The van der Waals surface area contributed by atoms with Gasteiger partial charge in [-0.05, 0) is 63.4 Å². The van der Waals surface area contributed by atoms with Crippen LogP contribution in [0.1, 0.15) is 43.5 Å². The summed E-state index contributed by atoms with van der Waals surface area (Å²) in [5, 5.41) is 15.1. The molecule has 0 saturated heterocycles. The number of phenols is 1. The molecule has 0 spiro atoms. The first-order chi connectivity index (χ1) is 15.4. The van der Waals surface area contributed by atoms with Crippen molar-refractivity contribution in [3.8, 4) is 18.2 Å². The number of hydrogen-bond donors (Lipinski definition) is 3. The van der Waals surface area contributed by atoms with E-state index in [9.17, 15) is 19.5 Å². The highest BCUT2D eigenvalue weighted by atomic mass is 16.6. The number of nitrogens with zero attached hydrogens (tertiary/aromatic N) is 1. The average Bonchev–Trinajstić information content (AvgIpc) is 2.71. The van der Waals surface area contributed by atoms with Crippen molar-refractivity contribution in [2.24, 2.45) is 0 Å². The van der Waals surface area contributed by atoms with Gasteiger partial charge in [-0.3, -0.25) is 14.5 Å². The number of aryl methyl sites for hydroxylation is 2. The predicted octanol–water partition coefficient (Wildman–Crippen LogP) is 3.63. The number of amides is 3. The molecule has 0 saturated carbocycles. The summed E-state index contributed by atoms with van der Waals surface area (Å²) in [5.41, 5.74) is 1.84. The van der Waals surface area contributed by atoms with Crippen molar-refractivity contribution in [2.75, 3.05) is 11.9 Å². The Kier molecular flexibility index (Phi) is 8.08. The summed E-state index contributed by atoms with van der Waals surface area (Å²) in [4.78, 5) is 39.1. The lowest BCUT2D eigenvalue weighted by Gasteiger charge is -2.27. The summed E-state index contributed by atoms with van der Waals surface area (Å²) in [6, 6.07) is 12.5. The van der Waals surface area contributed by atoms with E-state index in [-0.39, 0.29) is 5.75 Å². The van der Waals surface area contributed by atoms with Crippen molar-refractivity contribution in [3.05, 3.63) is 59.2 Å². The van der Waals surface area contributed by atoms with Crippen molar-refractivity contribution in [1.82, 2.24) is 10.2 Å². The van der Waals surface area contributed by atoms with Crippen LogP contribution < -0.4 is 10.6 Å². The van der Waals surface area contributed by atoms with Crippen molar-refractivity contribution in [1.29, 1.82) is 0 Å². The molecule has 174 valence electrons. The number of alkyl carbamates (subject to hydrolysis) is 1. The molecule has 1 unspecified atom stereocenters. The Hall–Kier alpha value is -3.99. The fourth-order valence-electron chi connectivity index (χ4n) is 3.15. The number of aromatic hydroxyl groups is 1. The van der Waals surface area contributed by atoms with Crippen molar-refractivity contribution < 1.29 is 24.2 Å². The van der Waals surface area contributed by atoms with Crippen LogP contribution in [-0.4, -0.2) is 40.1 Å². The lowest BCUT2D eigenvalue weighted by atomic mass is 10.0. The second kappa shape index (κ2) is 10.6. The average molecular weight is 452 g/mol. The maximum absolute atomic E-state index is 13.4. The smallest absolute Gasteiger partial charge is 0.408 e. The third-order valence-electron chi connectivity index (χ3n) is 4.61. The van der Waals surface area contributed by atoms with E-state index >= 15 is 0 Å². The number of carbonyl (C=O) groups excluding carboxylic acids is 3. The Labute approximate surface area is 193 Å². The first-order valence-corrected chi connectivity index (χ1v) is 10.3. The monoisotopic (exact) mass is 451 g/mol. The number of phenolic OH excluding ortho intramolecular Hbond substituents is 1. The van der Waals surface area contributed by atoms with E-state index in [1.54, 1.807) is 32.9 Å². The number of para-hydroxylation sites is 1. The molecule has 8 heteroatoms. The van der Waals surface area contributed by atoms with Crippen molar-refractivity contribution >= 4 is 23.6 Å². The lowest BCUT2D eigenvalue weighted by Crippen LogP contribution is -2.44. The van der Waals surface area contributed by atoms with E-state index in [0.29, 0.717) is 11.3 Å². The van der Waals surface area contributed by atoms with Gasteiger partial charge in [-0.25, -0.2) is 4.79 Å². The van der Waals surface area contributed by atoms with Gasteiger partial charge in [-0.1, -0.05) is 36.8 Å². The molecule has 3 amide bonds. The largest absolute Gasteiger partial charge is 0.508 e. The minimum Gasteiger partial charge on any atom is -0.508 e. The van der Waals surface area contributed by atoms with Gasteiger partial charge in [0.1, 0.15) is 23.9 Å². The molecular formula is C25H29N3O5. The van der Waals surface area contributed by atoms with Crippen LogP contribution in [0, 0.1) is 26.3 Å². The quantitative estimate of drug-likeness (QED) is 0.459. The molecule has 0 aromatic heterocycles. The number of benzene rings is 2. The van der Waals surface area contributed by atoms with Gasteiger partial charge in [0.15, 0.2) is 0 Å². The molecule has 0 aliphatic rings. The SMILES string of the molecule is C#CN(C(=O)CNC(=O)OC(C)(C)C)C(C(=O)Nc1c(C)cccc1C)c1cccc(O)c1. The van der Waals surface area contributed by atoms with Crippen molar-refractivity contribution in [2.45, 2.75) is 46.3 Å². The fraction of sp³-hybridized carbons (Fsp3) is 0.320. The molecule has 8 nitrogen and oxygen atoms in total. The predicted molar refractivity (Wildman–Crippen MR) is 125 cm³/mol. The van der Waals surface area contributed by atoms with Crippen LogP contribution in [0.4, 0.5) is 10.5 Å². The van der Waals surface area contributed by atoms with E-state index < -0.39 is 36.1 Å². The molecule has 33 heavy (non-hydrogen) atoms. The molecule has 3 N–H and O–H groups in total. The Morgan fingerprint density at radius 1 is 1.12 bits per heavy atom. The molecule has 0 aliphatic heterocycles. The summed E-state index contributed by atoms with van der Waals surface area (Å²) < 4.78 is 5.13. The Morgan fingerprint density at radius 2 is 1.73 bits per heavy atom. The third kappa shape index (κ3) is 7.01. The molecule has 2 aromatic carbocycles. The van der Waals surface area contributed by atoms with Gasteiger partial charge in [0.25, 0.3) is 11.8 Å². The molecule has 0 fully saturated rings. The third-order valence-corrected chi connectivity index (χ3v) is 4.61. The van der Waals surface area contributed by atoms with Crippen LogP contribution >= 0.6 is 0 Å². The first kappa shape index (κ1) is 25.3. The first-order valence-electron chi connectivity index (χ1n) is 10.3. The fourth-order valence-corrected chi connectivity index (χ4v) is 3.15. The number of carbonyl (C=O) groups is 3. The van der Waals surface area contributed by atoms with E-state index in [0.717, 1.165) is 16.0 Å². The Morgan fingerprint density at radius 3 is 2.27 bits per heavy atom. The normalized spacial score (nSPS) is 11.6. The number of hydrogen-bond acceptors (Lipinski definition) is 5. The van der Waals surface area contributed by atoms with Crippen LogP contribution in [-0.2, 0) is 14.3 Å². The molecule has 0 radical (unpaired) electrons. The van der Waals surface area contributed by atoms with Crippen LogP contribution in [0.2, 0.25) is 0 Å². The number of ether oxygens (including phenoxy) is 1. The maximum atomic E-state index is 13.4. The number of rotatable bonds is 6. The summed E-state index contributed by atoms with van der Waals surface area (Å²) in [6.07, 6.45) is 4.83. The summed E-state index contributed by atoms with van der Waals surface area (Å²) in [7, 11) is 0. The van der Waals surface area contributed by atoms with Gasteiger partial charge in [0, 0.05) is 11.7 Å². The van der Waals surface area contributed by atoms with Gasteiger partial charge in [-0.2, -0.15) is 0 Å². The number of terminal acetylenes is 1. The van der Waals surface area contributed by atoms with Gasteiger partial charge >= 0.3 is 6.09 Å². The highest BCUT2D eigenvalue weighted by molar-refractivity contribution is 6.00. The highest BCUT2D eigenvalue weighted by Gasteiger charge is 2.32. The second-order valence-corrected chi connectivity index (χ2v) is 8.50. The molecule has 2 rings (SSSR count). The standard InChI is InChI=1S/C25H29N3O5/c1-7-28(20(30)15-26-24(32)33-25(4,5)6)22(18-12-9-13-19(29)14-18)23(31)27-21-16(2)10-8-11-17(21)3/h1,8-14,22,29H,15H2,2-6H3,(H,26,32)(H,27,31). The lowest BCUT2D eigenvalue weighted by molar-refractivity contribution is -0.134. The van der Waals surface area contributed by atoms with Crippen LogP contribution in [0.25, 0.3) is 0 Å². The zero-order chi connectivity index (χ0) is 24.8. The Bertz CT molecular complexity index is 1060. The topological polar surface area (TPSA) is 108 Å². The van der Waals surface area contributed by atoms with Gasteiger partial charge < -0.3 is 20.5 Å². The summed E-state index contributed by atoms with van der Waals surface area (Å²) in [6.45, 7) is 8.29. The Balaban J connectivity index is 2.34. The molecule has 0 heterocycles. The number of nitrogens with one attached hydrogen (secondary N) is 2. The minimum absolute atomic E-state index is 0.0892. The van der Waals surface area contributed by atoms with Crippen LogP contribution in [0.5, 0.6) is 5.75 Å². The highest BCUT2D eigenvalue weighted by Crippen LogP contribution is 2.27. The molecule has 1 atom stereocenters. The molecule has 0 bridgehead atoms. The summed E-state index contributed by atoms with van der Waals surface area (Å²) in [5.74, 6) is -1.36. The van der Waals surface area contributed by atoms with Gasteiger partial charge in [0.2, 0.25) is 0 Å². The van der Waals surface area contributed by atoms with Gasteiger partial charge in [0.05, 0.1) is 0 Å². The van der Waals surface area contributed by atoms with Crippen molar-refractivity contribution in [3.63, 3.8) is 0 Å². The minimum atomic E-state index is -1.26. The zero-order valence-electron chi connectivity index (χ0n) is 19.4. The van der Waals surface area contributed by atoms with Crippen LogP contribution in [0.15, 0.2) is 42.5 Å². The second-order valence-electron chi connectivity index (χ2n) is 8.50. The van der Waals surface area contributed by atoms with Gasteiger partial charge in [-0.15, -0.1) is 0 Å². The number of anilines is 1. The van der Waals surface area contributed by atoms with E-state index in [2.05, 4.69) is 16.7 Å². The summed E-state index contributed by atoms with van der Waals surface area (Å²) >= 11 is 0. The molecule has 0 aliphatic carbocycles. The van der Waals surface area contributed by atoms with Crippen LogP contribution in [0.3, 0.4) is 0 Å². The van der Waals surface area contributed by atoms with E-state index in [4.69, 9.17) is 11.2 Å². The maximum Gasteiger partial charge on any atom is 0.408 e. The van der Waals surface area contributed by atoms with E-state index in [1.165, 1.54) is 12.1 Å². The zero-order valence-corrected chi connectivity index (χ0v) is 19.4.